The van der Waals surface area contributed by atoms with Crippen molar-refractivity contribution in [3.05, 3.63) is 119 Å². The second-order valence-electron chi connectivity index (χ2n) is 11.9. The molecule has 4 aromatic carbocycles. The van der Waals surface area contributed by atoms with Crippen molar-refractivity contribution in [3.8, 4) is 11.5 Å². The van der Waals surface area contributed by atoms with E-state index in [9.17, 15) is 18.0 Å². The number of methoxy groups -OCH3 is 2. The van der Waals surface area contributed by atoms with Crippen LogP contribution in [0.25, 0.3) is 0 Å². The van der Waals surface area contributed by atoms with Crippen LogP contribution in [0.5, 0.6) is 11.5 Å². The van der Waals surface area contributed by atoms with Crippen molar-refractivity contribution in [2.24, 2.45) is 0 Å². The Morgan fingerprint density at radius 3 is 1.98 bits per heavy atom. The molecule has 0 bridgehead atoms. The van der Waals surface area contributed by atoms with Gasteiger partial charge in [-0.2, -0.15) is 0 Å². The maximum absolute atomic E-state index is 14.7. The molecular formula is C38H45N3O6S. The van der Waals surface area contributed by atoms with Gasteiger partial charge in [0.15, 0.2) is 11.5 Å². The van der Waals surface area contributed by atoms with Crippen molar-refractivity contribution in [2.45, 2.75) is 64.1 Å². The first-order valence-corrected chi connectivity index (χ1v) is 17.4. The molecule has 0 aliphatic heterocycles. The average Bonchev–Trinajstić information content (AvgIpc) is 3.09. The maximum Gasteiger partial charge on any atom is 0.264 e. The molecule has 48 heavy (non-hydrogen) atoms. The van der Waals surface area contributed by atoms with Gasteiger partial charge in [-0.25, -0.2) is 8.42 Å². The van der Waals surface area contributed by atoms with Crippen LogP contribution >= 0.6 is 0 Å². The molecule has 0 fully saturated rings. The summed E-state index contributed by atoms with van der Waals surface area (Å²) in [6.07, 6.45) is 0.953. The van der Waals surface area contributed by atoms with Crippen LogP contribution in [0.1, 0.15) is 42.5 Å². The standard InChI is InChI=1S/C38H45N3O6S/c1-7-29(4)39-38(43)34(23-30-11-9-8-10-12-30)40(25-31-17-13-27(2)14-18-31)37(42)26-41(32-19-15-28(3)16-20-32)48(44,45)33-21-22-35(46-5)36(24-33)47-6/h8-22,24,29,34H,7,23,25-26H2,1-6H3,(H,39,43)/t29-,34+/m1/s1. The molecule has 1 N–H and O–H groups in total. The van der Waals surface area contributed by atoms with Gasteiger partial charge in [0.25, 0.3) is 10.0 Å². The van der Waals surface area contributed by atoms with E-state index < -0.39 is 28.5 Å². The van der Waals surface area contributed by atoms with Crippen molar-refractivity contribution >= 4 is 27.5 Å². The van der Waals surface area contributed by atoms with Crippen molar-refractivity contribution in [1.82, 2.24) is 10.2 Å². The Bertz CT molecular complexity index is 1780. The molecule has 0 saturated heterocycles. The minimum atomic E-state index is -4.31. The van der Waals surface area contributed by atoms with Gasteiger partial charge in [-0.15, -0.1) is 0 Å². The summed E-state index contributed by atoms with van der Waals surface area (Å²) < 4.78 is 40.6. The Labute approximate surface area is 284 Å². The Balaban J connectivity index is 1.82. The lowest BCUT2D eigenvalue weighted by Gasteiger charge is -2.34. The third-order valence-electron chi connectivity index (χ3n) is 8.29. The second kappa shape index (κ2) is 16.3. The molecule has 10 heteroatoms. The first kappa shape index (κ1) is 36.0. The molecule has 254 valence electrons. The number of aryl methyl sites for hydroxylation is 2. The largest absolute Gasteiger partial charge is 0.493 e. The van der Waals surface area contributed by atoms with Crippen LogP contribution in [0.2, 0.25) is 0 Å². The Morgan fingerprint density at radius 2 is 1.40 bits per heavy atom. The van der Waals surface area contributed by atoms with Crippen LogP contribution in [-0.2, 0) is 32.6 Å². The number of rotatable bonds is 15. The molecule has 0 aromatic heterocycles. The lowest BCUT2D eigenvalue weighted by molar-refractivity contribution is -0.140. The second-order valence-corrected chi connectivity index (χ2v) is 13.8. The van der Waals surface area contributed by atoms with E-state index in [1.54, 1.807) is 24.3 Å². The third kappa shape index (κ3) is 8.95. The molecule has 0 spiro atoms. The van der Waals surface area contributed by atoms with Gasteiger partial charge < -0.3 is 19.7 Å². The van der Waals surface area contributed by atoms with Gasteiger partial charge in [-0.3, -0.25) is 13.9 Å². The molecule has 4 rings (SSSR count). The van der Waals surface area contributed by atoms with Crippen LogP contribution in [0.15, 0.2) is 102 Å². The lowest BCUT2D eigenvalue weighted by Crippen LogP contribution is -2.54. The minimum Gasteiger partial charge on any atom is -0.493 e. The lowest BCUT2D eigenvalue weighted by atomic mass is 10.0. The number of amides is 2. The zero-order valence-electron chi connectivity index (χ0n) is 28.5. The Kier molecular flexibility index (Phi) is 12.2. The molecule has 0 unspecified atom stereocenters. The predicted molar refractivity (Wildman–Crippen MR) is 189 cm³/mol. The van der Waals surface area contributed by atoms with Gasteiger partial charge in [0, 0.05) is 25.1 Å². The summed E-state index contributed by atoms with van der Waals surface area (Å²) in [7, 11) is -1.42. The van der Waals surface area contributed by atoms with E-state index in [2.05, 4.69) is 5.32 Å². The molecule has 0 heterocycles. The highest BCUT2D eigenvalue weighted by Crippen LogP contribution is 2.32. The van der Waals surface area contributed by atoms with Crippen molar-refractivity contribution in [1.29, 1.82) is 0 Å². The molecule has 0 aliphatic carbocycles. The summed E-state index contributed by atoms with van der Waals surface area (Å²) in [4.78, 5) is 30.1. The fraction of sp³-hybridized carbons (Fsp3) is 0.316. The zero-order valence-corrected chi connectivity index (χ0v) is 29.3. The average molecular weight is 672 g/mol. The molecular weight excluding hydrogens is 627 g/mol. The molecule has 4 aromatic rings. The highest BCUT2D eigenvalue weighted by atomic mass is 32.2. The highest BCUT2D eigenvalue weighted by molar-refractivity contribution is 7.92. The van der Waals surface area contributed by atoms with Crippen molar-refractivity contribution < 1.29 is 27.5 Å². The fourth-order valence-corrected chi connectivity index (χ4v) is 6.66. The summed E-state index contributed by atoms with van der Waals surface area (Å²) in [6.45, 7) is 7.32. The Morgan fingerprint density at radius 1 is 0.792 bits per heavy atom. The summed E-state index contributed by atoms with van der Waals surface area (Å²) in [5.74, 6) is -0.229. The van der Waals surface area contributed by atoms with Gasteiger partial charge in [-0.1, -0.05) is 84.8 Å². The van der Waals surface area contributed by atoms with E-state index >= 15 is 0 Å². The number of carbonyl (C=O) groups is 2. The molecule has 9 nitrogen and oxygen atoms in total. The Hall–Kier alpha value is -4.83. The number of hydrogen-bond donors (Lipinski definition) is 1. The van der Waals surface area contributed by atoms with Crippen LogP contribution in [0.3, 0.4) is 0 Å². The number of carbonyl (C=O) groups excluding carboxylic acids is 2. The maximum atomic E-state index is 14.7. The van der Waals surface area contributed by atoms with Gasteiger partial charge in [-0.05, 0) is 62.6 Å². The molecule has 0 saturated carbocycles. The van der Waals surface area contributed by atoms with E-state index in [-0.39, 0.29) is 35.6 Å². The van der Waals surface area contributed by atoms with E-state index in [4.69, 9.17) is 9.47 Å². The normalized spacial score (nSPS) is 12.5. The van der Waals surface area contributed by atoms with Crippen LogP contribution < -0.4 is 19.1 Å². The van der Waals surface area contributed by atoms with Gasteiger partial charge in [0.05, 0.1) is 24.8 Å². The van der Waals surface area contributed by atoms with E-state index in [1.165, 1.54) is 37.3 Å². The summed E-state index contributed by atoms with van der Waals surface area (Å²) in [6, 6.07) is 27.4. The minimum absolute atomic E-state index is 0.0750. The predicted octanol–water partition coefficient (Wildman–Crippen LogP) is 6.07. The topological polar surface area (TPSA) is 105 Å². The number of nitrogens with one attached hydrogen (secondary N) is 1. The number of benzene rings is 4. The molecule has 2 amide bonds. The monoisotopic (exact) mass is 671 g/mol. The highest BCUT2D eigenvalue weighted by Gasteiger charge is 2.35. The SMILES string of the molecule is CC[C@@H](C)NC(=O)[C@H](Cc1ccccc1)N(Cc1ccc(C)cc1)C(=O)CN(c1ccc(C)cc1)S(=O)(=O)c1ccc(OC)c(OC)c1. The summed E-state index contributed by atoms with van der Waals surface area (Å²) >= 11 is 0. The van der Waals surface area contributed by atoms with E-state index in [1.807, 2.05) is 82.3 Å². The zero-order chi connectivity index (χ0) is 34.8. The summed E-state index contributed by atoms with van der Waals surface area (Å²) in [5, 5.41) is 3.06. The van der Waals surface area contributed by atoms with Gasteiger partial charge in [0.1, 0.15) is 12.6 Å². The van der Waals surface area contributed by atoms with Crippen LogP contribution in [0, 0.1) is 13.8 Å². The van der Waals surface area contributed by atoms with Crippen LogP contribution in [-0.4, -0.2) is 58.0 Å². The molecule has 0 radical (unpaired) electrons. The number of hydrogen-bond acceptors (Lipinski definition) is 6. The van der Waals surface area contributed by atoms with E-state index in [0.29, 0.717) is 17.9 Å². The first-order chi connectivity index (χ1) is 23.0. The van der Waals surface area contributed by atoms with Crippen LogP contribution in [0.4, 0.5) is 5.69 Å². The van der Waals surface area contributed by atoms with Gasteiger partial charge >= 0.3 is 0 Å². The molecule has 0 aliphatic rings. The quantitative estimate of drug-likeness (QED) is 0.165. The number of ether oxygens (including phenoxy) is 2. The van der Waals surface area contributed by atoms with Crippen molar-refractivity contribution in [3.63, 3.8) is 0 Å². The van der Waals surface area contributed by atoms with Gasteiger partial charge in [0.2, 0.25) is 11.8 Å². The first-order valence-electron chi connectivity index (χ1n) is 16.0. The smallest absolute Gasteiger partial charge is 0.264 e. The molecule has 2 atom stereocenters. The van der Waals surface area contributed by atoms with E-state index in [0.717, 1.165) is 26.6 Å². The van der Waals surface area contributed by atoms with Crippen molar-refractivity contribution in [2.75, 3.05) is 25.1 Å². The number of anilines is 1. The summed E-state index contributed by atoms with van der Waals surface area (Å²) in [5.41, 5.74) is 3.98. The fourth-order valence-electron chi connectivity index (χ4n) is 5.23. The third-order valence-corrected chi connectivity index (χ3v) is 10.1. The number of sulfonamides is 1. The number of nitrogens with zero attached hydrogens (tertiary/aromatic N) is 2.